The van der Waals surface area contributed by atoms with E-state index in [1.54, 1.807) is 4.80 Å². The molecule has 0 aliphatic carbocycles. The Kier molecular flexibility index (Phi) is 4.82. The van der Waals surface area contributed by atoms with Crippen molar-refractivity contribution >= 4 is 0 Å². The maximum Gasteiger partial charge on any atom is 0.0971 e. The molecule has 6 nitrogen and oxygen atoms in total. The van der Waals surface area contributed by atoms with Gasteiger partial charge in [-0.25, -0.2) is 0 Å². The minimum atomic E-state index is 0.271. The summed E-state index contributed by atoms with van der Waals surface area (Å²) in [6.07, 6.45) is 2.12. The zero-order valence-corrected chi connectivity index (χ0v) is 13.2. The van der Waals surface area contributed by atoms with Crippen LogP contribution in [0.15, 0.2) is 36.5 Å². The summed E-state index contributed by atoms with van der Waals surface area (Å²) in [5, 5.41) is 8.93. The van der Waals surface area contributed by atoms with Gasteiger partial charge in [0.2, 0.25) is 0 Å². The Labute approximate surface area is 131 Å². The highest BCUT2D eigenvalue weighted by atomic mass is 16.5. The lowest BCUT2D eigenvalue weighted by molar-refractivity contribution is -0.0410. The third kappa shape index (κ3) is 3.91. The van der Waals surface area contributed by atoms with E-state index in [0.29, 0.717) is 0 Å². The molecule has 1 unspecified atom stereocenters. The first-order valence-electron chi connectivity index (χ1n) is 7.66. The van der Waals surface area contributed by atoms with Crippen LogP contribution in [0, 0.1) is 0 Å². The average Bonchev–Trinajstić information content (AvgIpc) is 2.96. The van der Waals surface area contributed by atoms with Gasteiger partial charge >= 0.3 is 0 Å². The van der Waals surface area contributed by atoms with Crippen molar-refractivity contribution < 1.29 is 4.74 Å². The van der Waals surface area contributed by atoms with Crippen molar-refractivity contribution in [1.82, 2.24) is 24.8 Å². The van der Waals surface area contributed by atoms with E-state index in [4.69, 9.17) is 4.74 Å². The van der Waals surface area contributed by atoms with Gasteiger partial charge in [-0.15, -0.1) is 0 Å². The molecule has 2 aromatic rings. The van der Waals surface area contributed by atoms with E-state index in [9.17, 15) is 0 Å². The molecule has 1 atom stereocenters. The largest absolute Gasteiger partial charge is 0.374 e. The van der Waals surface area contributed by atoms with Gasteiger partial charge in [-0.05, 0) is 26.2 Å². The summed E-state index contributed by atoms with van der Waals surface area (Å²) in [4.78, 5) is 6.24. The molecule has 0 N–H and O–H groups in total. The first kappa shape index (κ1) is 15.1. The Morgan fingerprint density at radius 3 is 2.86 bits per heavy atom. The van der Waals surface area contributed by atoms with Gasteiger partial charge in [0.15, 0.2) is 0 Å². The maximum absolute atomic E-state index is 5.81. The summed E-state index contributed by atoms with van der Waals surface area (Å²) in [7, 11) is 4.15. The van der Waals surface area contributed by atoms with Crippen LogP contribution in [0.4, 0.5) is 0 Å². The topological polar surface area (TPSA) is 46.4 Å². The van der Waals surface area contributed by atoms with Crippen molar-refractivity contribution in [3.05, 3.63) is 42.2 Å². The van der Waals surface area contributed by atoms with Crippen molar-refractivity contribution in [2.75, 3.05) is 40.3 Å². The van der Waals surface area contributed by atoms with Gasteiger partial charge in [0.1, 0.15) is 0 Å². The molecule has 2 heterocycles. The van der Waals surface area contributed by atoms with Crippen LogP contribution in [-0.2, 0) is 11.3 Å². The lowest BCUT2D eigenvalue weighted by Crippen LogP contribution is -2.46. The minimum absolute atomic E-state index is 0.271. The Balaban J connectivity index is 1.60. The lowest BCUT2D eigenvalue weighted by atomic mass is 10.2. The van der Waals surface area contributed by atoms with E-state index >= 15 is 0 Å². The van der Waals surface area contributed by atoms with Crippen LogP contribution in [0.1, 0.15) is 5.69 Å². The Hall–Kier alpha value is -1.76. The number of morpholine rings is 1. The highest BCUT2D eigenvalue weighted by Gasteiger charge is 2.21. The van der Waals surface area contributed by atoms with Gasteiger partial charge in [-0.3, -0.25) is 4.90 Å². The number of aromatic nitrogens is 3. The number of hydrogen-bond acceptors (Lipinski definition) is 5. The number of nitrogens with zero attached hydrogens (tertiary/aromatic N) is 5. The molecule has 1 fully saturated rings. The molecule has 1 aromatic carbocycles. The van der Waals surface area contributed by atoms with Gasteiger partial charge in [0.25, 0.3) is 0 Å². The normalized spacial score (nSPS) is 19.7. The summed E-state index contributed by atoms with van der Waals surface area (Å²) < 4.78 is 5.81. The molecule has 0 radical (unpaired) electrons. The first-order chi connectivity index (χ1) is 10.7. The summed E-state index contributed by atoms with van der Waals surface area (Å²) in [5.41, 5.74) is 1.98. The quantitative estimate of drug-likeness (QED) is 0.825. The SMILES string of the molecule is CN(C)CC1CN(Cc2cnn(-c3ccccc3)n2)CCO1. The fourth-order valence-electron chi connectivity index (χ4n) is 2.72. The van der Waals surface area contributed by atoms with Crippen molar-refractivity contribution in [2.24, 2.45) is 0 Å². The maximum atomic E-state index is 5.81. The van der Waals surface area contributed by atoms with Crippen molar-refractivity contribution in [3.63, 3.8) is 0 Å². The lowest BCUT2D eigenvalue weighted by Gasteiger charge is -2.33. The molecule has 0 saturated carbocycles. The molecule has 3 rings (SSSR count). The van der Waals surface area contributed by atoms with E-state index in [-0.39, 0.29) is 6.10 Å². The number of para-hydroxylation sites is 1. The number of rotatable bonds is 5. The van der Waals surface area contributed by atoms with Crippen molar-refractivity contribution in [3.8, 4) is 5.69 Å². The van der Waals surface area contributed by atoms with Crippen molar-refractivity contribution in [2.45, 2.75) is 12.6 Å². The smallest absolute Gasteiger partial charge is 0.0971 e. The minimum Gasteiger partial charge on any atom is -0.374 e. The molecule has 0 bridgehead atoms. The van der Waals surface area contributed by atoms with Crippen LogP contribution in [0.2, 0.25) is 0 Å². The van der Waals surface area contributed by atoms with E-state index in [1.807, 2.05) is 36.5 Å². The number of ether oxygens (including phenoxy) is 1. The van der Waals surface area contributed by atoms with Crippen LogP contribution in [0.3, 0.4) is 0 Å². The second-order valence-electron chi connectivity index (χ2n) is 5.95. The second-order valence-corrected chi connectivity index (χ2v) is 5.95. The van der Waals surface area contributed by atoms with Crippen LogP contribution in [0.25, 0.3) is 5.69 Å². The number of likely N-dealkylation sites (N-methyl/N-ethyl adjacent to an activating group) is 1. The molecule has 1 aliphatic heterocycles. The molecule has 0 spiro atoms. The van der Waals surface area contributed by atoms with E-state index in [2.05, 4.69) is 34.1 Å². The fraction of sp³-hybridized carbons (Fsp3) is 0.500. The zero-order chi connectivity index (χ0) is 15.4. The monoisotopic (exact) mass is 301 g/mol. The summed E-state index contributed by atoms with van der Waals surface area (Å²) in [6, 6.07) is 9.99. The Morgan fingerprint density at radius 2 is 2.09 bits per heavy atom. The molecular formula is C16H23N5O. The van der Waals surface area contributed by atoms with E-state index in [1.165, 1.54) is 0 Å². The zero-order valence-electron chi connectivity index (χ0n) is 13.2. The standard InChI is InChI=1S/C16H23N5O/c1-19(2)12-16-13-20(8-9-22-16)11-14-10-17-21(18-14)15-6-4-3-5-7-15/h3-7,10,16H,8-9,11-13H2,1-2H3. The first-order valence-corrected chi connectivity index (χ1v) is 7.66. The third-order valence-corrected chi connectivity index (χ3v) is 3.70. The molecule has 1 aliphatic rings. The van der Waals surface area contributed by atoms with Gasteiger partial charge in [0, 0.05) is 26.2 Å². The van der Waals surface area contributed by atoms with Crippen LogP contribution in [0.5, 0.6) is 0 Å². The summed E-state index contributed by atoms with van der Waals surface area (Å²) in [5.74, 6) is 0. The predicted molar refractivity (Wildman–Crippen MR) is 84.9 cm³/mol. The molecular weight excluding hydrogens is 278 g/mol. The van der Waals surface area contributed by atoms with Crippen LogP contribution >= 0.6 is 0 Å². The van der Waals surface area contributed by atoms with Crippen LogP contribution < -0.4 is 0 Å². The molecule has 6 heteroatoms. The Bertz CT molecular complexity index is 583. The summed E-state index contributed by atoms with van der Waals surface area (Å²) in [6.45, 7) is 4.44. The van der Waals surface area contributed by atoms with Crippen molar-refractivity contribution in [1.29, 1.82) is 0 Å². The predicted octanol–water partition coefficient (Wildman–Crippen LogP) is 1.03. The number of benzene rings is 1. The fourth-order valence-corrected chi connectivity index (χ4v) is 2.72. The molecule has 0 amide bonds. The summed E-state index contributed by atoms with van der Waals surface area (Å²) >= 11 is 0. The van der Waals surface area contributed by atoms with Crippen LogP contribution in [-0.4, -0.2) is 71.2 Å². The van der Waals surface area contributed by atoms with Gasteiger partial charge < -0.3 is 9.64 Å². The van der Waals surface area contributed by atoms with E-state index in [0.717, 1.165) is 44.2 Å². The molecule has 1 aromatic heterocycles. The number of hydrogen-bond donors (Lipinski definition) is 0. The Morgan fingerprint density at radius 1 is 1.27 bits per heavy atom. The van der Waals surface area contributed by atoms with Gasteiger partial charge in [-0.2, -0.15) is 15.0 Å². The third-order valence-electron chi connectivity index (χ3n) is 3.70. The molecule has 118 valence electrons. The molecule has 22 heavy (non-hydrogen) atoms. The highest BCUT2D eigenvalue weighted by molar-refractivity contribution is 5.28. The van der Waals surface area contributed by atoms with E-state index < -0.39 is 0 Å². The van der Waals surface area contributed by atoms with Gasteiger partial charge in [-0.1, -0.05) is 18.2 Å². The molecule has 1 saturated heterocycles. The second kappa shape index (κ2) is 7.00. The van der Waals surface area contributed by atoms with Gasteiger partial charge in [0.05, 0.1) is 30.3 Å². The highest BCUT2D eigenvalue weighted by Crippen LogP contribution is 2.10. The average molecular weight is 301 g/mol.